The Labute approximate surface area is 78.1 Å². The van der Waals surface area contributed by atoms with Gasteiger partial charge in [-0.05, 0) is 37.5 Å². The Morgan fingerprint density at radius 1 is 1.38 bits per heavy atom. The molecule has 0 amide bonds. The van der Waals surface area contributed by atoms with E-state index in [0.717, 1.165) is 19.3 Å². The van der Waals surface area contributed by atoms with Crippen LogP contribution in [0.1, 0.15) is 25.7 Å². The number of carbonyl (C=O) groups excluding carboxylic acids is 1. The fourth-order valence-electron chi connectivity index (χ4n) is 2.89. The number of hydrogen-bond acceptors (Lipinski definition) is 3. The average molecular weight is 184 g/mol. The third-order valence-corrected chi connectivity index (χ3v) is 3.59. The minimum atomic E-state index is -0.267. The van der Waals surface area contributed by atoms with Crippen LogP contribution in [0.25, 0.3) is 0 Å². The van der Waals surface area contributed by atoms with Crippen molar-refractivity contribution in [2.24, 2.45) is 17.8 Å². The fourth-order valence-corrected chi connectivity index (χ4v) is 2.89. The molecule has 0 heterocycles. The average Bonchev–Trinajstić information content (AvgIpc) is 2.17. The topological polar surface area (TPSA) is 46.5 Å². The summed E-state index contributed by atoms with van der Waals surface area (Å²) < 4.78 is 4.74. The standard InChI is InChI=1S/C10H16O3/c1-13-10(12)8-4-6-2-3-7(8)9(11)5-6/h6-9,11H,2-5H2,1H3/t6-,7+,8+,9-/m1/s1. The van der Waals surface area contributed by atoms with Gasteiger partial charge in [0.25, 0.3) is 0 Å². The van der Waals surface area contributed by atoms with E-state index in [1.807, 2.05) is 0 Å². The summed E-state index contributed by atoms with van der Waals surface area (Å²) in [5, 5.41) is 9.71. The minimum absolute atomic E-state index is 0.0347. The van der Waals surface area contributed by atoms with Crippen LogP contribution in [0.4, 0.5) is 0 Å². The highest BCUT2D eigenvalue weighted by Gasteiger charge is 2.44. The summed E-state index contributed by atoms with van der Waals surface area (Å²) in [6.07, 6.45) is 3.71. The van der Waals surface area contributed by atoms with Crippen LogP contribution >= 0.6 is 0 Å². The van der Waals surface area contributed by atoms with Crippen LogP contribution in [0.3, 0.4) is 0 Å². The Hall–Kier alpha value is -0.570. The van der Waals surface area contributed by atoms with Crippen LogP contribution in [-0.2, 0) is 9.53 Å². The van der Waals surface area contributed by atoms with Gasteiger partial charge >= 0.3 is 5.97 Å². The number of methoxy groups -OCH3 is 1. The Kier molecular flexibility index (Phi) is 2.28. The van der Waals surface area contributed by atoms with Crippen molar-refractivity contribution >= 4 is 5.97 Å². The summed E-state index contributed by atoms with van der Waals surface area (Å²) in [6, 6.07) is 0. The molecule has 2 bridgehead atoms. The lowest BCUT2D eigenvalue weighted by Gasteiger charge is -2.44. The van der Waals surface area contributed by atoms with E-state index < -0.39 is 0 Å². The number of fused-ring (bicyclic) bond motifs is 3. The van der Waals surface area contributed by atoms with Gasteiger partial charge < -0.3 is 9.84 Å². The van der Waals surface area contributed by atoms with Crippen LogP contribution < -0.4 is 0 Å². The first kappa shape index (κ1) is 9.00. The summed E-state index contributed by atoms with van der Waals surface area (Å²) in [4.78, 5) is 11.4. The zero-order valence-corrected chi connectivity index (χ0v) is 7.90. The molecule has 3 nitrogen and oxygen atoms in total. The van der Waals surface area contributed by atoms with Gasteiger partial charge in [-0.1, -0.05) is 0 Å². The Morgan fingerprint density at radius 2 is 2.15 bits per heavy atom. The molecule has 0 aromatic heterocycles. The molecule has 0 aromatic rings. The first-order valence-corrected chi connectivity index (χ1v) is 4.98. The first-order valence-electron chi connectivity index (χ1n) is 4.98. The van der Waals surface area contributed by atoms with Crippen molar-refractivity contribution in [2.45, 2.75) is 31.8 Å². The summed E-state index contributed by atoms with van der Waals surface area (Å²) in [6.45, 7) is 0. The second-order valence-electron chi connectivity index (χ2n) is 4.28. The maximum atomic E-state index is 11.4. The van der Waals surface area contributed by atoms with Crippen molar-refractivity contribution in [3.63, 3.8) is 0 Å². The van der Waals surface area contributed by atoms with Gasteiger partial charge in [0.1, 0.15) is 0 Å². The predicted octanol–water partition coefficient (Wildman–Crippen LogP) is 0.956. The number of rotatable bonds is 1. The van der Waals surface area contributed by atoms with Gasteiger partial charge in [-0.2, -0.15) is 0 Å². The molecule has 3 saturated carbocycles. The molecule has 3 rings (SSSR count). The van der Waals surface area contributed by atoms with E-state index in [9.17, 15) is 9.90 Å². The van der Waals surface area contributed by atoms with Crippen LogP contribution in [-0.4, -0.2) is 24.3 Å². The molecule has 0 spiro atoms. The fraction of sp³-hybridized carbons (Fsp3) is 0.900. The first-order chi connectivity index (χ1) is 6.22. The highest BCUT2D eigenvalue weighted by atomic mass is 16.5. The maximum absolute atomic E-state index is 11.4. The molecule has 0 radical (unpaired) electrons. The van der Waals surface area contributed by atoms with Crippen LogP contribution in [0.15, 0.2) is 0 Å². The molecular weight excluding hydrogens is 168 g/mol. The van der Waals surface area contributed by atoms with Gasteiger partial charge in [-0.25, -0.2) is 0 Å². The summed E-state index contributed by atoms with van der Waals surface area (Å²) >= 11 is 0. The van der Waals surface area contributed by atoms with E-state index in [4.69, 9.17) is 4.74 Å². The number of carbonyl (C=O) groups is 1. The molecule has 3 heteroatoms. The number of aliphatic hydroxyl groups excluding tert-OH is 1. The molecule has 4 atom stereocenters. The quantitative estimate of drug-likeness (QED) is 0.617. The highest BCUT2D eigenvalue weighted by Crippen LogP contribution is 2.45. The van der Waals surface area contributed by atoms with Crippen LogP contribution in [0.2, 0.25) is 0 Å². The molecule has 1 N–H and O–H groups in total. The molecule has 13 heavy (non-hydrogen) atoms. The lowest BCUT2D eigenvalue weighted by molar-refractivity contribution is -0.156. The zero-order chi connectivity index (χ0) is 9.42. The Balaban J connectivity index is 2.10. The monoisotopic (exact) mass is 184 g/mol. The molecule has 0 unspecified atom stereocenters. The summed E-state index contributed by atoms with van der Waals surface area (Å²) in [5.74, 6) is 0.544. The van der Waals surface area contributed by atoms with E-state index >= 15 is 0 Å². The van der Waals surface area contributed by atoms with E-state index in [1.54, 1.807) is 0 Å². The third kappa shape index (κ3) is 1.46. The molecule has 3 fully saturated rings. The molecule has 3 aliphatic carbocycles. The zero-order valence-electron chi connectivity index (χ0n) is 7.90. The third-order valence-electron chi connectivity index (χ3n) is 3.59. The van der Waals surface area contributed by atoms with E-state index in [2.05, 4.69) is 0 Å². The number of ether oxygens (including phenoxy) is 1. The molecule has 74 valence electrons. The largest absolute Gasteiger partial charge is 0.469 e. The van der Waals surface area contributed by atoms with Gasteiger partial charge in [-0.3, -0.25) is 4.79 Å². The van der Waals surface area contributed by atoms with Gasteiger partial charge in [-0.15, -0.1) is 0 Å². The molecule has 0 aliphatic heterocycles. The van der Waals surface area contributed by atoms with E-state index in [1.165, 1.54) is 13.5 Å². The highest BCUT2D eigenvalue weighted by molar-refractivity contribution is 5.73. The van der Waals surface area contributed by atoms with Crippen molar-refractivity contribution in [3.8, 4) is 0 Å². The van der Waals surface area contributed by atoms with Crippen molar-refractivity contribution in [3.05, 3.63) is 0 Å². The van der Waals surface area contributed by atoms with E-state index in [0.29, 0.717) is 5.92 Å². The van der Waals surface area contributed by atoms with Gasteiger partial charge in [0.05, 0.1) is 19.1 Å². The summed E-state index contributed by atoms with van der Waals surface area (Å²) in [7, 11) is 1.43. The second kappa shape index (κ2) is 3.29. The number of hydrogen-bond donors (Lipinski definition) is 1. The molecule has 0 aromatic carbocycles. The maximum Gasteiger partial charge on any atom is 0.309 e. The smallest absolute Gasteiger partial charge is 0.309 e. The second-order valence-corrected chi connectivity index (χ2v) is 4.28. The SMILES string of the molecule is COC(=O)[C@H]1C[C@H]2CC[C@@H]1[C@H](O)C2. The summed E-state index contributed by atoms with van der Waals surface area (Å²) in [5.41, 5.74) is 0. The number of esters is 1. The van der Waals surface area contributed by atoms with Crippen molar-refractivity contribution in [1.82, 2.24) is 0 Å². The van der Waals surface area contributed by atoms with Gasteiger partial charge in [0.15, 0.2) is 0 Å². The lowest BCUT2D eigenvalue weighted by Crippen LogP contribution is -2.44. The molecule has 3 aliphatic rings. The Morgan fingerprint density at radius 3 is 2.69 bits per heavy atom. The van der Waals surface area contributed by atoms with Gasteiger partial charge in [0, 0.05) is 0 Å². The Bertz CT molecular complexity index is 214. The molecular formula is C10H16O3. The van der Waals surface area contributed by atoms with Crippen molar-refractivity contribution in [2.75, 3.05) is 7.11 Å². The van der Waals surface area contributed by atoms with Crippen LogP contribution in [0.5, 0.6) is 0 Å². The molecule has 0 saturated heterocycles. The van der Waals surface area contributed by atoms with Gasteiger partial charge in [0.2, 0.25) is 0 Å². The van der Waals surface area contributed by atoms with Crippen LogP contribution in [0, 0.1) is 17.8 Å². The number of aliphatic hydroxyl groups is 1. The predicted molar refractivity (Wildman–Crippen MR) is 47.0 cm³/mol. The lowest BCUT2D eigenvalue weighted by atomic mass is 9.63. The van der Waals surface area contributed by atoms with Crippen molar-refractivity contribution in [1.29, 1.82) is 0 Å². The van der Waals surface area contributed by atoms with E-state index in [-0.39, 0.29) is 23.9 Å². The van der Waals surface area contributed by atoms with Crippen molar-refractivity contribution < 1.29 is 14.6 Å². The minimum Gasteiger partial charge on any atom is -0.469 e. The normalized spacial score (nSPS) is 43.2.